The first-order valence-electron chi connectivity index (χ1n) is 8.85. The van der Waals surface area contributed by atoms with Crippen LogP contribution in [0, 0.1) is 6.92 Å². The number of hydrogen-bond acceptors (Lipinski definition) is 3. The smallest absolute Gasteiger partial charge is 0.244 e. The van der Waals surface area contributed by atoms with E-state index >= 15 is 0 Å². The van der Waals surface area contributed by atoms with E-state index in [1.54, 1.807) is 72.8 Å². The first-order valence-corrected chi connectivity index (χ1v) is 10.7. The van der Waals surface area contributed by atoms with E-state index in [0.717, 1.165) is 5.56 Å². The Bertz CT molecular complexity index is 1130. The van der Waals surface area contributed by atoms with Crippen molar-refractivity contribution in [2.75, 3.05) is 0 Å². The Labute approximate surface area is 169 Å². The summed E-state index contributed by atoms with van der Waals surface area (Å²) in [6.07, 6.45) is 0. The van der Waals surface area contributed by atoms with Gasteiger partial charge < -0.3 is 0 Å². The molecule has 142 valence electrons. The van der Waals surface area contributed by atoms with Gasteiger partial charge in [-0.2, -0.15) is 4.31 Å². The fraction of sp³-hybridized carbons (Fsp3) is 0.136. The van der Waals surface area contributed by atoms with Gasteiger partial charge in [0.1, 0.15) is 6.04 Å². The van der Waals surface area contributed by atoms with Crippen LogP contribution in [0.2, 0.25) is 5.02 Å². The zero-order chi connectivity index (χ0) is 19.9. The molecular formula is C22H18ClNO3S. The van der Waals surface area contributed by atoms with E-state index in [1.807, 2.05) is 13.0 Å². The van der Waals surface area contributed by atoms with Gasteiger partial charge in [-0.25, -0.2) is 8.42 Å². The first-order chi connectivity index (χ1) is 13.4. The molecule has 0 aliphatic carbocycles. The Kier molecular flexibility index (Phi) is 4.83. The van der Waals surface area contributed by atoms with Crippen molar-refractivity contribution in [2.45, 2.75) is 23.9 Å². The minimum atomic E-state index is -3.84. The molecule has 0 bridgehead atoms. The Balaban J connectivity index is 1.78. The predicted molar refractivity (Wildman–Crippen MR) is 109 cm³/mol. The van der Waals surface area contributed by atoms with Crippen LogP contribution in [-0.2, 0) is 10.0 Å². The Morgan fingerprint density at radius 2 is 1.50 bits per heavy atom. The highest BCUT2D eigenvalue weighted by atomic mass is 35.5. The molecule has 1 aliphatic rings. The van der Waals surface area contributed by atoms with E-state index in [1.165, 1.54) is 4.31 Å². The molecule has 1 saturated heterocycles. The third-order valence-electron chi connectivity index (χ3n) is 4.90. The maximum atomic E-state index is 13.3. The van der Waals surface area contributed by atoms with Crippen LogP contribution >= 0.6 is 11.6 Å². The highest BCUT2D eigenvalue weighted by Gasteiger charge is 2.60. The van der Waals surface area contributed by atoms with Gasteiger partial charge >= 0.3 is 0 Å². The molecule has 0 aromatic heterocycles. The third-order valence-corrected chi connectivity index (χ3v) is 7.13. The van der Waals surface area contributed by atoms with Crippen molar-refractivity contribution in [1.82, 2.24) is 4.31 Å². The van der Waals surface area contributed by atoms with Gasteiger partial charge in [-0.05, 0) is 30.7 Å². The summed E-state index contributed by atoms with van der Waals surface area (Å²) in [6, 6.07) is 21.0. The number of Topliss-reactive ketones (excluding diaryl/α,β-unsaturated/α-hetero) is 1. The summed E-state index contributed by atoms with van der Waals surface area (Å²) < 4.78 is 27.8. The van der Waals surface area contributed by atoms with Crippen molar-refractivity contribution < 1.29 is 13.2 Å². The van der Waals surface area contributed by atoms with E-state index in [9.17, 15) is 13.2 Å². The van der Waals surface area contributed by atoms with Gasteiger partial charge in [0.25, 0.3) is 0 Å². The normalized spacial score (nSPS) is 21.3. The van der Waals surface area contributed by atoms with Gasteiger partial charge in [-0.15, -0.1) is 0 Å². The molecule has 1 heterocycles. The molecule has 1 fully saturated rings. The summed E-state index contributed by atoms with van der Waals surface area (Å²) >= 11 is 6.32. The molecule has 0 N–H and O–H groups in total. The van der Waals surface area contributed by atoms with Gasteiger partial charge in [-0.3, -0.25) is 4.79 Å². The number of halogens is 1. The molecular weight excluding hydrogens is 394 g/mol. The number of rotatable bonds is 5. The van der Waals surface area contributed by atoms with E-state index in [0.29, 0.717) is 16.1 Å². The van der Waals surface area contributed by atoms with E-state index in [2.05, 4.69) is 0 Å². The van der Waals surface area contributed by atoms with Crippen LogP contribution < -0.4 is 0 Å². The molecule has 1 unspecified atom stereocenters. The van der Waals surface area contributed by atoms with Crippen molar-refractivity contribution in [2.24, 2.45) is 0 Å². The fourth-order valence-corrected chi connectivity index (χ4v) is 5.35. The lowest BCUT2D eigenvalue weighted by Gasteiger charge is -2.08. The molecule has 0 radical (unpaired) electrons. The van der Waals surface area contributed by atoms with Gasteiger partial charge in [0.05, 0.1) is 10.9 Å². The SMILES string of the molecule is Cc1ccc(S(=O)(=O)N2[C@H](c3ccccc3Cl)[C@@H]2C(=O)c2ccccc2)cc1. The second kappa shape index (κ2) is 7.17. The van der Waals surface area contributed by atoms with Crippen molar-refractivity contribution in [3.05, 3.63) is 101 Å². The lowest BCUT2D eigenvalue weighted by molar-refractivity contribution is 0.0981. The number of carbonyl (C=O) groups excluding carboxylic acids is 1. The summed E-state index contributed by atoms with van der Waals surface area (Å²) in [7, 11) is -3.84. The van der Waals surface area contributed by atoms with E-state index in [4.69, 9.17) is 11.6 Å². The zero-order valence-corrected chi connectivity index (χ0v) is 16.7. The molecule has 0 amide bonds. The van der Waals surface area contributed by atoms with E-state index < -0.39 is 22.1 Å². The van der Waals surface area contributed by atoms with Crippen LogP contribution in [0.15, 0.2) is 83.8 Å². The van der Waals surface area contributed by atoms with Crippen molar-refractivity contribution in [3.63, 3.8) is 0 Å². The van der Waals surface area contributed by atoms with Crippen molar-refractivity contribution in [3.8, 4) is 0 Å². The Morgan fingerprint density at radius 3 is 2.14 bits per heavy atom. The van der Waals surface area contributed by atoms with Crippen LogP contribution in [0.5, 0.6) is 0 Å². The Hall–Kier alpha value is -2.47. The topological polar surface area (TPSA) is 54.2 Å². The molecule has 6 heteroatoms. The minimum absolute atomic E-state index is 0.165. The van der Waals surface area contributed by atoms with E-state index in [-0.39, 0.29) is 10.7 Å². The highest BCUT2D eigenvalue weighted by molar-refractivity contribution is 7.89. The van der Waals surface area contributed by atoms with Crippen LogP contribution in [-0.4, -0.2) is 24.5 Å². The average Bonchev–Trinajstić information content (AvgIpc) is 3.45. The van der Waals surface area contributed by atoms with Crippen LogP contribution in [0.3, 0.4) is 0 Å². The zero-order valence-electron chi connectivity index (χ0n) is 15.1. The number of hydrogen-bond donors (Lipinski definition) is 0. The lowest BCUT2D eigenvalue weighted by atomic mass is 10.0. The number of benzene rings is 3. The van der Waals surface area contributed by atoms with Crippen LogP contribution in [0.25, 0.3) is 0 Å². The van der Waals surface area contributed by atoms with Gasteiger partial charge in [0.2, 0.25) is 10.0 Å². The number of ketones is 1. The monoisotopic (exact) mass is 411 g/mol. The molecule has 4 nitrogen and oxygen atoms in total. The van der Waals surface area contributed by atoms with Crippen LogP contribution in [0.1, 0.15) is 27.5 Å². The minimum Gasteiger partial charge on any atom is -0.292 e. The number of nitrogens with zero attached hydrogens (tertiary/aromatic N) is 1. The summed E-state index contributed by atoms with van der Waals surface area (Å²) in [5, 5.41) is 0.444. The summed E-state index contributed by atoms with van der Waals surface area (Å²) in [5.41, 5.74) is 2.07. The lowest BCUT2D eigenvalue weighted by Crippen LogP contribution is -2.19. The third kappa shape index (κ3) is 3.26. The second-order valence-corrected chi connectivity index (χ2v) is 9.04. The average molecular weight is 412 g/mol. The largest absolute Gasteiger partial charge is 0.292 e. The molecule has 3 aromatic carbocycles. The van der Waals surface area contributed by atoms with Crippen molar-refractivity contribution >= 4 is 27.4 Å². The fourth-order valence-electron chi connectivity index (χ4n) is 3.40. The second-order valence-electron chi connectivity index (χ2n) is 6.79. The molecule has 28 heavy (non-hydrogen) atoms. The summed E-state index contributed by atoms with van der Waals surface area (Å²) in [4.78, 5) is 13.3. The van der Waals surface area contributed by atoms with Gasteiger partial charge in [0, 0.05) is 10.6 Å². The number of aryl methyl sites for hydroxylation is 1. The number of sulfonamides is 1. The Morgan fingerprint density at radius 1 is 0.893 bits per heavy atom. The molecule has 0 saturated carbocycles. The molecule has 3 atom stereocenters. The molecule has 1 aliphatic heterocycles. The summed E-state index contributed by atoms with van der Waals surface area (Å²) in [5.74, 6) is -0.235. The van der Waals surface area contributed by atoms with Gasteiger partial charge in [0.15, 0.2) is 5.78 Å². The van der Waals surface area contributed by atoms with Crippen LogP contribution in [0.4, 0.5) is 0 Å². The van der Waals surface area contributed by atoms with Gasteiger partial charge in [-0.1, -0.05) is 77.8 Å². The first kappa shape index (κ1) is 18.9. The maximum absolute atomic E-state index is 13.3. The molecule has 3 aromatic rings. The quantitative estimate of drug-likeness (QED) is 0.453. The number of carbonyl (C=O) groups is 1. The molecule has 0 spiro atoms. The predicted octanol–water partition coefficient (Wildman–Crippen LogP) is 4.65. The summed E-state index contributed by atoms with van der Waals surface area (Å²) in [6.45, 7) is 1.89. The standard InChI is InChI=1S/C22H18ClNO3S/c1-15-11-13-17(14-12-15)28(26,27)24-20(18-9-5-6-10-19(18)23)21(24)22(25)16-7-3-2-4-8-16/h2-14,20-21H,1H3/t20-,21-,24?/m1/s1. The molecule has 4 rings (SSSR count). The van der Waals surface area contributed by atoms with Crippen molar-refractivity contribution in [1.29, 1.82) is 0 Å². The maximum Gasteiger partial charge on any atom is 0.244 e. The highest BCUT2D eigenvalue weighted by Crippen LogP contribution is 2.50.